The highest BCUT2D eigenvalue weighted by Crippen LogP contribution is 2.25. The molecule has 0 saturated carbocycles. The van der Waals surface area contributed by atoms with Crippen LogP contribution < -0.4 is 5.32 Å². The first-order chi connectivity index (χ1) is 9.99. The summed E-state index contributed by atoms with van der Waals surface area (Å²) in [5, 5.41) is 3.73. The Balaban J connectivity index is 1.81. The molecule has 1 aromatic carbocycles. The lowest BCUT2D eigenvalue weighted by Crippen LogP contribution is -2.24. The Bertz CT molecular complexity index is 753. The van der Waals surface area contributed by atoms with Crippen LogP contribution >= 0.6 is 11.6 Å². The van der Waals surface area contributed by atoms with E-state index in [0.717, 1.165) is 16.4 Å². The minimum Gasteiger partial charge on any atom is -0.378 e. The summed E-state index contributed by atoms with van der Waals surface area (Å²) >= 11 is 5.92. The molecule has 1 N–H and O–H groups in total. The zero-order valence-electron chi connectivity index (χ0n) is 11.6. The number of nitrogens with zero attached hydrogens (tertiary/aromatic N) is 3. The molecule has 2 amide bonds. The van der Waals surface area contributed by atoms with Crippen molar-refractivity contribution < 1.29 is 9.59 Å². The molecular weight excluding hydrogens is 292 g/mol. The predicted octanol–water partition coefficient (Wildman–Crippen LogP) is 1.91. The van der Waals surface area contributed by atoms with Crippen LogP contribution in [0, 0.1) is 0 Å². The normalized spacial score (nSPS) is 13.8. The number of carbonyl (C=O) groups is 2. The highest BCUT2D eigenvalue weighted by atomic mass is 35.5. The predicted molar refractivity (Wildman–Crippen MR) is 78.4 cm³/mol. The molecule has 1 aliphatic rings. The molecule has 0 unspecified atom stereocenters. The first-order valence-corrected chi connectivity index (χ1v) is 6.73. The Labute approximate surface area is 126 Å². The van der Waals surface area contributed by atoms with Crippen molar-refractivity contribution in [3.63, 3.8) is 0 Å². The number of nitrogens with one attached hydrogen (secondary N) is 1. The highest BCUT2D eigenvalue weighted by molar-refractivity contribution is 6.29. The van der Waals surface area contributed by atoms with Crippen LogP contribution in [0.5, 0.6) is 0 Å². The molecule has 0 atom stereocenters. The number of aromatic nitrogens is 2. The Kier molecular flexibility index (Phi) is 3.17. The van der Waals surface area contributed by atoms with E-state index < -0.39 is 0 Å². The van der Waals surface area contributed by atoms with Crippen LogP contribution in [0.25, 0.3) is 0 Å². The molecule has 1 aromatic heterocycles. The molecule has 2 aromatic rings. The van der Waals surface area contributed by atoms with Crippen molar-refractivity contribution in [3.05, 3.63) is 46.5 Å². The molecule has 0 aliphatic carbocycles. The lowest BCUT2D eigenvalue weighted by Gasteiger charge is -2.07. The van der Waals surface area contributed by atoms with Crippen LogP contribution in [0.15, 0.2) is 24.4 Å². The second-order valence-electron chi connectivity index (χ2n) is 4.84. The number of hydrogen-bond donors (Lipinski definition) is 1. The minimum absolute atomic E-state index is 0.266. The van der Waals surface area contributed by atoms with E-state index in [4.69, 9.17) is 11.6 Å². The average molecular weight is 305 g/mol. The number of hydrogen-bond acceptors (Lipinski definition) is 4. The van der Waals surface area contributed by atoms with E-state index in [-0.39, 0.29) is 11.8 Å². The molecule has 0 fully saturated rings. The molecule has 3 rings (SSSR count). The van der Waals surface area contributed by atoms with Gasteiger partial charge in [-0.05, 0) is 18.2 Å². The SMILES string of the molecule is CN1C(=O)c2ccc(NCc3ncc(Cl)n3C)cc2C1=O. The van der Waals surface area contributed by atoms with Crippen molar-refractivity contribution in [2.24, 2.45) is 7.05 Å². The molecule has 6 nitrogen and oxygen atoms in total. The highest BCUT2D eigenvalue weighted by Gasteiger charge is 2.32. The van der Waals surface area contributed by atoms with Gasteiger partial charge in [0, 0.05) is 19.8 Å². The zero-order chi connectivity index (χ0) is 15.1. The molecule has 1 aliphatic heterocycles. The summed E-state index contributed by atoms with van der Waals surface area (Å²) in [6.07, 6.45) is 1.58. The third-order valence-electron chi connectivity index (χ3n) is 3.57. The van der Waals surface area contributed by atoms with Gasteiger partial charge in [0.1, 0.15) is 11.0 Å². The van der Waals surface area contributed by atoms with Crippen molar-refractivity contribution in [1.29, 1.82) is 0 Å². The molecule has 0 saturated heterocycles. The van der Waals surface area contributed by atoms with Crippen LogP contribution in [-0.4, -0.2) is 33.3 Å². The maximum absolute atomic E-state index is 11.9. The van der Waals surface area contributed by atoms with Gasteiger partial charge in [-0.3, -0.25) is 14.5 Å². The monoisotopic (exact) mass is 304 g/mol. The fraction of sp³-hybridized carbons (Fsp3) is 0.214. The number of anilines is 1. The van der Waals surface area contributed by atoms with Gasteiger partial charge in [0.05, 0.1) is 23.9 Å². The van der Waals surface area contributed by atoms with Gasteiger partial charge < -0.3 is 9.88 Å². The topological polar surface area (TPSA) is 67.2 Å². The van der Waals surface area contributed by atoms with Crippen LogP contribution in [0.4, 0.5) is 5.69 Å². The first-order valence-electron chi connectivity index (χ1n) is 6.35. The van der Waals surface area contributed by atoms with Crippen molar-refractivity contribution in [1.82, 2.24) is 14.5 Å². The van der Waals surface area contributed by atoms with Crippen molar-refractivity contribution in [2.75, 3.05) is 12.4 Å². The summed E-state index contributed by atoms with van der Waals surface area (Å²) in [4.78, 5) is 29.0. The summed E-state index contributed by atoms with van der Waals surface area (Å²) in [6.45, 7) is 0.472. The minimum atomic E-state index is -0.279. The van der Waals surface area contributed by atoms with Gasteiger partial charge in [-0.15, -0.1) is 0 Å². The van der Waals surface area contributed by atoms with E-state index in [9.17, 15) is 9.59 Å². The largest absolute Gasteiger partial charge is 0.378 e. The maximum atomic E-state index is 11.9. The molecule has 2 heterocycles. The quantitative estimate of drug-likeness (QED) is 0.880. The fourth-order valence-electron chi connectivity index (χ4n) is 2.24. The Morgan fingerprint density at radius 3 is 2.57 bits per heavy atom. The number of carbonyl (C=O) groups excluding carboxylic acids is 2. The number of halogens is 1. The number of benzene rings is 1. The van der Waals surface area contributed by atoms with Gasteiger partial charge in [-0.2, -0.15) is 0 Å². The van der Waals surface area contributed by atoms with Gasteiger partial charge in [-0.25, -0.2) is 4.98 Å². The number of imide groups is 1. The number of fused-ring (bicyclic) bond motifs is 1. The Hall–Kier alpha value is -2.34. The summed E-state index contributed by atoms with van der Waals surface area (Å²) in [5.74, 6) is 0.233. The van der Waals surface area contributed by atoms with Gasteiger partial charge in [0.25, 0.3) is 11.8 Å². The van der Waals surface area contributed by atoms with E-state index in [2.05, 4.69) is 10.3 Å². The molecule has 0 spiro atoms. The van der Waals surface area contributed by atoms with E-state index in [0.29, 0.717) is 22.8 Å². The number of rotatable bonds is 3. The van der Waals surface area contributed by atoms with Crippen LogP contribution in [-0.2, 0) is 13.6 Å². The summed E-state index contributed by atoms with van der Waals surface area (Å²) in [5.41, 5.74) is 1.61. The van der Waals surface area contributed by atoms with Crippen molar-refractivity contribution in [3.8, 4) is 0 Å². The summed E-state index contributed by atoms with van der Waals surface area (Å²) in [7, 11) is 3.31. The van der Waals surface area contributed by atoms with E-state index in [1.807, 2.05) is 7.05 Å². The van der Waals surface area contributed by atoms with Gasteiger partial charge in [0.15, 0.2) is 0 Å². The number of amides is 2. The van der Waals surface area contributed by atoms with Gasteiger partial charge >= 0.3 is 0 Å². The zero-order valence-corrected chi connectivity index (χ0v) is 12.3. The third-order valence-corrected chi connectivity index (χ3v) is 3.92. The molecule has 7 heteroatoms. The first kappa shape index (κ1) is 13.6. The molecule has 108 valence electrons. The summed E-state index contributed by atoms with van der Waals surface area (Å²) in [6, 6.07) is 5.12. The second kappa shape index (κ2) is 4.89. The standard InChI is InChI=1S/C14H13ClN4O2/c1-18-11(15)6-17-12(18)7-16-8-3-4-9-10(5-8)14(21)19(2)13(9)20/h3-6,16H,7H2,1-2H3. The van der Waals surface area contributed by atoms with E-state index >= 15 is 0 Å². The molecule has 21 heavy (non-hydrogen) atoms. The van der Waals surface area contributed by atoms with E-state index in [1.54, 1.807) is 29.0 Å². The third kappa shape index (κ3) is 2.17. The maximum Gasteiger partial charge on any atom is 0.261 e. The van der Waals surface area contributed by atoms with Crippen LogP contribution in [0.3, 0.4) is 0 Å². The number of imidazole rings is 1. The fourth-order valence-corrected chi connectivity index (χ4v) is 2.39. The van der Waals surface area contributed by atoms with Crippen molar-refractivity contribution in [2.45, 2.75) is 6.54 Å². The summed E-state index contributed by atoms with van der Waals surface area (Å²) < 4.78 is 1.77. The second-order valence-corrected chi connectivity index (χ2v) is 5.23. The Morgan fingerprint density at radius 1 is 1.19 bits per heavy atom. The Morgan fingerprint density at radius 2 is 1.90 bits per heavy atom. The van der Waals surface area contributed by atoms with Gasteiger partial charge in [0.2, 0.25) is 0 Å². The van der Waals surface area contributed by atoms with E-state index in [1.165, 1.54) is 7.05 Å². The van der Waals surface area contributed by atoms with Crippen LogP contribution in [0.2, 0.25) is 5.15 Å². The van der Waals surface area contributed by atoms with Gasteiger partial charge in [-0.1, -0.05) is 11.6 Å². The smallest absolute Gasteiger partial charge is 0.261 e. The average Bonchev–Trinajstić information content (AvgIpc) is 2.91. The lowest BCUT2D eigenvalue weighted by atomic mass is 10.1. The lowest BCUT2D eigenvalue weighted by molar-refractivity contribution is 0.0693. The molecular formula is C14H13ClN4O2. The van der Waals surface area contributed by atoms with Crippen molar-refractivity contribution >= 4 is 29.1 Å². The molecule has 0 bridgehead atoms. The van der Waals surface area contributed by atoms with Crippen LogP contribution in [0.1, 0.15) is 26.5 Å². The molecule has 0 radical (unpaired) electrons.